The Morgan fingerprint density at radius 3 is 2.61 bits per heavy atom. The predicted molar refractivity (Wildman–Crippen MR) is 117 cm³/mol. The third kappa shape index (κ3) is 5.05. The van der Waals surface area contributed by atoms with Gasteiger partial charge in [-0.3, -0.25) is 4.98 Å². The molecule has 2 aromatic heterocycles. The fourth-order valence-electron chi connectivity index (χ4n) is 2.70. The summed E-state index contributed by atoms with van der Waals surface area (Å²) in [6, 6.07) is 11.6. The lowest BCUT2D eigenvalue weighted by atomic mass is 10.1. The number of pyridine rings is 1. The van der Waals surface area contributed by atoms with Crippen LogP contribution in [0, 0.1) is 12.8 Å². The summed E-state index contributed by atoms with van der Waals surface area (Å²) in [6.07, 6.45) is 3.50. The van der Waals surface area contributed by atoms with E-state index in [-0.39, 0.29) is 18.6 Å². The van der Waals surface area contributed by atoms with Gasteiger partial charge in [-0.05, 0) is 48.7 Å². The van der Waals surface area contributed by atoms with Gasteiger partial charge >= 0.3 is 0 Å². The van der Waals surface area contributed by atoms with Crippen LogP contribution in [0.5, 0.6) is 0 Å². The van der Waals surface area contributed by atoms with Gasteiger partial charge in [-0.1, -0.05) is 29.8 Å². The first-order valence-corrected chi connectivity index (χ1v) is 9.95. The van der Waals surface area contributed by atoms with E-state index in [0.717, 1.165) is 27.0 Å². The van der Waals surface area contributed by atoms with Crippen LogP contribution in [0.3, 0.4) is 0 Å². The summed E-state index contributed by atoms with van der Waals surface area (Å²) in [4.78, 5) is 13.4. The summed E-state index contributed by atoms with van der Waals surface area (Å²) in [6.45, 7) is 6.13. The van der Waals surface area contributed by atoms with E-state index in [1.165, 1.54) is 0 Å². The van der Waals surface area contributed by atoms with E-state index in [9.17, 15) is 5.11 Å². The van der Waals surface area contributed by atoms with Gasteiger partial charge < -0.3 is 15.7 Å². The number of aliphatic hydroxyl groups excluding tert-OH is 1. The van der Waals surface area contributed by atoms with Gasteiger partial charge in [0.1, 0.15) is 5.82 Å². The van der Waals surface area contributed by atoms with Crippen LogP contribution in [0.4, 0.5) is 17.5 Å². The maximum atomic E-state index is 9.66. The molecule has 6 nitrogen and oxygen atoms in total. The molecule has 1 aromatic carbocycles. The van der Waals surface area contributed by atoms with E-state index in [1.54, 1.807) is 12.4 Å². The molecule has 0 aliphatic carbocycles. The second-order valence-electron chi connectivity index (χ2n) is 6.97. The molecule has 7 heteroatoms. The number of aromatic nitrogens is 3. The van der Waals surface area contributed by atoms with E-state index in [2.05, 4.69) is 41.5 Å². The Balaban J connectivity index is 1.97. The number of aliphatic hydroxyl groups is 1. The standard InChI is InChI=1S/C21H24BrN5O/c1-13(2)19(12-28)26-21-25-18(15-5-4-8-23-11-15)10-20(27-21)24-16-6-7-17(22)14(3)9-16/h4-11,13,19,28H,12H2,1-3H3,(H2,24,25,26,27)/t19-/m1/s1. The third-order valence-electron chi connectivity index (χ3n) is 4.43. The molecule has 0 spiro atoms. The molecule has 3 N–H and O–H groups in total. The second kappa shape index (κ2) is 9.12. The van der Waals surface area contributed by atoms with Gasteiger partial charge in [0.25, 0.3) is 0 Å². The Labute approximate surface area is 173 Å². The van der Waals surface area contributed by atoms with Crippen LogP contribution in [0.1, 0.15) is 19.4 Å². The van der Waals surface area contributed by atoms with Crippen molar-refractivity contribution in [1.82, 2.24) is 15.0 Å². The first-order chi connectivity index (χ1) is 13.5. The number of hydrogen-bond acceptors (Lipinski definition) is 6. The normalized spacial score (nSPS) is 12.1. The predicted octanol–water partition coefficient (Wildman–Crippen LogP) is 4.78. The third-order valence-corrected chi connectivity index (χ3v) is 5.32. The molecule has 3 aromatic rings. The topological polar surface area (TPSA) is 83.0 Å². The summed E-state index contributed by atoms with van der Waals surface area (Å²) in [5.74, 6) is 1.37. The van der Waals surface area contributed by atoms with Crippen LogP contribution in [-0.4, -0.2) is 32.7 Å². The summed E-state index contributed by atoms with van der Waals surface area (Å²) < 4.78 is 1.06. The van der Waals surface area contributed by atoms with Crippen LogP contribution in [0.15, 0.2) is 53.3 Å². The first-order valence-electron chi connectivity index (χ1n) is 9.16. The van der Waals surface area contributed by atoms with E-state index in [4.69, 9.17) is 0 Å². The number of hydrogen-bond donors (Lipinski definition) is 3. The van der Waals surface area contributed by atoms with Gasteiger partial charge in [0.15, 0.2) is 0 Å². The number of benzene rings is 1. The fraction of sp³-hybridized carbons (Fsp3) is 0.286. The average molecular weight is 442 g/mol. The van der Waals surface area contributed by atoms with Crippen LogP contribution in [0.2, 0.25) is 0 Å². The van der Waals surface area contributed by atoms with Crippen molar-refractivity contribution in [3.8, 4) is 11.3 Å². The SMILES string of the molecule is Cc1cc(Nc2cc(-c3cccnc3)nc(N[C@H](CO)C(C)C)n2)ccc1Br. The molecule has 0 bridgehead atoms. The van der Waals surface area contributed by atoms with Crippen molar-refractivity contribution < 1.29 is 5.11 Å². The smallest absolute Gasteiger partial charge is 0.225 e. The maximum absolute atomic E-state index is 9.66. The number of nitrogens with zero attached hydrogens (tertiary/aromatic N) is 3. The van der Waals surface area contributed by atoms with E-state index in [0.29, 0.717) is 11.8 Å². The molecular weight excluding hydrogens is 418 g/mol. The maximum Gasteiger partial charge on any atom is 0.225 e. The van der Waals surface area contributed by atoms with Crippen molar-refractivity contribution in [1.29, 1.82) is 0 Å². The Morgan fingerprint density at radius 1 is 1.14 bits per heavy atom. The average Bonchev–Trinajstić information content (AvgIpc) is 2.69. The number of rotatable bonds is 7. The van der Waals surface area contributed by atoms with Gasteiger partial charge in [0, 0.05) is 34.2 Å². The molecule has 0 aliphatic rings. The van der Waals surface area contributed by atoms with Crippen LogP contribution >= 0.6 is 15.9 Å². The summed E-state index contributed by atoms with van der Waals surface area (Å²) in [5, 5.41) is 16.2. The minimum Gasteiger partial charge on any atom is -0.394 e. The lowest BCUT2D eigenvalue weighted by Gasteiger charge is -2.20. The van der Waals surface area contributed by atoms with Crippen LogP contribution in [-0.2, 0) is 0 Å². The first kappa shape index (κ1) is 20.2. The molecule has 0 aliphatic heterocycles. The lowest BCUT2D eigenvalue weighted by molar-refractivity contribution is 0.248. The van der Waals surface area contributed by atoms with Crippen LogP contribution < -0.4 is 10.6 Å². The second-order valence-corrected chi connectivity index (χ2v) is 7.82. The van der Waals surface area contributed by atoms with Gasteiger partial charge in [0.2, 0.25) is 5.95 Å². The summed E-state index contributed by atoms with van der Waals surface area (Å²) in [5.41, 5.74) is 3.71. The molecule has 3 rings (SSSR count). The molecule has 146 valence electrons. The molecule has 0 amide bonds. The molecule has 0 saturated carbocycles. The van der Waals surface area contributed by atoms with Gasteiger partial charge in [-0.25, -0.2) is 4.98 Å². The highest BCUT2D eigenvalue weighted by Gasteiger charge is 2.15. The number of anilines is 3. The summed E-state index contributed by atoms with van der Waals surface area (Å²) >= 11 is 3.52. The zero-order valence-corrected chi connectivity index (χ0v) is 17.7. The largest absolute Gasteiger partial charge is 0.394 e. The minimum absolute atomic E-state index is 0.00676. The molecule has 0 saturated heterocycles. The molecule has 0 fully saturated rings. The molecule has 2 heterocycles. The number of aryl methyl sites for hydroxylation is 1. The highest BCUT2D eigenvalue weighted by molar-refractivity contribution is 9.10. The zero-order chi connectivity index (χ0) is 20.1. The van der Waals surface area contributed by atoms with E-state index >= 15 is 0 Å². The highest BCUT2D eigenvalue weighted by atomic mass is 79.9. The Bertz CT molecular complexity index is 933. The minimum atomic E-state index is -0.132. The van der Waals surface area contributed by atoms with E-state index in [1.807, 2.05) is 57.2 Å². The Kier molecular flexibility index (Phi) is 6.59. The van der Waals surface area contributed by atoms with Gasteiger partial charge in [-0.15, -0.1) is 0 Å². The van der Waals surface area contributed by atoms with Crippen molar-refractivity contribution in [2.45, 2.75) is 26.8 Å². The molecule has 28 heavy (non-hydrogen) atoms. The van der Waals surface area contributed by atoms with E-state index < -0.39 is 0 Å². The Morgan fingerprint density at radius 2 is 1.96 bits per heavy atom. The van der Waals surface area contributed by atoms with Crippen molar-refractivity contribution >= 4 is 33.4 Å². The summed E-state index contributed by atoms with van der Waals surface area (Å²) in [7, 11) is 0. The lowest BCUT2D eigenvalue weighted by Crippen LogP contribution is -2.30. The molecule has 1 atom stereocenters. The van der Waals surface area contributed by atoms with Crippen molar-refractivity contribution in [2.75, 3.05) is 17.2 Å². The molecule has 0 radical (unpaired) electrons. The fourth-order valence-corrected chi connectivity index (χ4v) is 2.94. The van der Waals surface area contributed by atoms with Gasteiger partial charge in [0.05, 0.1) is 18.3 Å². The highest BCUT2D eigenvalue weighted by Crippen LogP contribution is 2.26. The quantitative estimate of drug-likeness (QED) is 0.489. The zero-order valence-electron chi connectivity index (χ0n) is 16.1. The van der Waals surface area contributed by atoms with Crippen molar-refractivity contribution in [3.05, 3.63) is 58.8 Å². The van der Waals surface area contributed by atoms with Crippen molar-refractivity contribution in [3.63, 3.8) is 0 Å². The monoisotopic (exact) mass is 441 g/mol. The number of halogens is 1. The van der Waals surface area contributed by atoms with Crippen LogP contribution in [0.25, 0.3) is 11.3 Å². The Hall–Kier alpha value is -2.51. The number of nitrogens with one attached hydrogen (secondary N) is 2. The van der Waals surface area contributed by atoms with Gasteiger partial charge in [-0.2, -0.15) is 4.98 Å². The molecule has 0 unspecified atom stereocenters. The molecular formula is C21H24BrN5O. The van der Waals surface area contributed by atoms with Crippen molar-refractivity contribution in [2.24, 2.45) is 5.92 Å².